The molecular weight excluding hydrogens is 342 g/mol. The first kappa shape index (κ1) is 18.7. The molecule has 5 nitrogen and oxygen atoms in total. The van der Waals surface area contributed by atoms with Crippen molar-refractivity contribution in [3.05, 3.63) is 53.1 Å². The van der Waals surface area contributed by atoms with Crippen LogP contribution in [0.15, 0.2) is 42.5 Å². The summed E-state index contributed by atoms with van der Waals surface area (Å²) >= 11 is 6.19. The van der Waals surface area contributed by atoms with Gasteiger partial charge in [0.1, 0.15) is 5.75 Å². The first-order valence-corrected chi connectivity index (χ1v) is 8.08. The van der Waals surface area contributed by atoms with Gasteiger partial charge in [-0.1, -0.05) is 11.6 Å². The first-order valence-electron chi connectivity index (χ1n) is 7.70. The van der Waals surface area contributed by atoms with Crippen LogP contribution in [0.1, 0.15) is 12.5 Å². The van der Waals surface area contributed by atoms with Gasteiger partial charge in [0.05, 0.1) is 25.8 Å². The zero-order valence-corrected chi connectivity index (χ0v) is 15.1. The maximum absolute atomic E-state index is 12.0. The Hall–Kier alpha value is -2.66. The van der Waals surface area contributed by atoms with Crippen LogP contribution in [0.3, 0.4) is 0 Å². The number of benzene rings is 2. The Morgan fingerprint density at radius 3 is 2.48 bits per heavy atom. The standard InChI is InChI=1S/C19H20ClNO4/c1-4-25-17-12-13(11-16(20)19(17)24-3)5-10-18(22)21-14-6-8-15(23-2)9-7-14/h5-12H,4H2,1-3H3,(H,21,22)/b10-5+. The van der Waals surface area contributed by atoms with Gasteiger partial charge < -0.3 is 19.5 Å². The minimum atomic E-state index is -0.255. The fraction of sp³-hybridized carbons (Fsp3) is 0.211. The summed E-state index contributed by atoms with van der Waals surface area (Å²) < 4.78 is 15.8. The number of anilines is 1. The molecule has 1 amide bonds. The molecule has 0 saturated heterocycles. The number of ether oxygens (including phenoxy) is 3. The monoisotopic (exact) mass is 361 g/mol. The number of methoxy groups -OCH3 is 2. The van der Waals surface area contributed by atoms with Crippen LogP contribution in [0, 0.1) is 0 Å². The number of carbonyl (C=O) groups excluding carboxylic acids is 1. The Balaban J connectivity index is 2.10. The Morgan fingerprint density at radius 2 is 1.88 bits per heavy atom. The lowest BCUT2D eigenvalue weighted by molar-refractivity contribution is -0.111. The lowest BCUT2D eigenvalue weighted by atomic mass is 10.2. The number of rotatable bonds is 7. The quantitative estimate of drug-likeness (QED) is 0.742. The van der Waals surface area contributed by atoms with Crippen molar-refractivity contribution in [3.8, 4) is 17.2 Å². The fourth-order valence-electron chi connectivity index (χ4n) is 2.18. The molecule has 0 aliphatic carbocycles. The largest absolute Gasteiger partial charge is 0.497 e. The number of nitrogens with one attached hydrogen (secondary N) is 1. The minimum absolute atomic E-state index is 0.255. The van der Waals surface area contributed by atoms with Crippen molar-refractivity contribution < 1.29 is 19.0 Å². The Labute approximate surface area is 152 Å². The predicted molar refractivity (Wildman–Crippen MR) is 99.8 cm³/mol. The molecule has 0 aliphatic heterocycles. The highest BCUT2D eigenvalue weighted by Crippen LogP contribution is 2.36. The summed E-state index contributed by atoms with van der Waals surface area (Å²) in [6, 6.07) is 10.6. The number of hydrogen-bond donors (Lipinski definition) is 1. The van der Waals surface area contributed by atoms with Gasteiger partial charge in [-0.25, -0.2) is 0 Å². The highest BCUT2D eigenvalue weighted by Gasteiger charge is 2.10. The van der Waals surface area contributed by atoms with Gasteiger partial charge in [-0.15, -0.1) is 0 Å². The molecule has 1 N–H and O–H groups in total. The first-order chi connectivity index (χ1) is 12.1. The van der Waals surface area contributed by atoms with E-state index in [9.17, 15) is 4.79 Å². The van der Waals surface area contributed by atoms with E-state index in [-0.39, 0.29) is 5.91 Å². The summed E-state index contributed by atoms with van der Waals surface area (Å²) in [7, 11) is 3.12. The summed E-state index contributed by atoms with van der Waals surface area (Å²) in [6.45, 7) is 2.36. The number of amides is 1. The molecule has 132 valence electrons. The fourth-order valence-corrected chi connectivity index (χ4v) is 2.47. The molecule has 2 rings (SSSR count). The molecule has 0 fully saturated rings. The maximum atomic E-state index is 12.0. The normalized spacial score (nSPS) is 10.6. The van der Waals surface area contributed by atoms with Crippen molar-refractivity contribution in [3.63, 3.8) is 0 Å². The molecule has 2 aromatic carbocycles. The Morgan fingerprint density at radius 1 is 1.16 bits per heavy atom. The second kappa shape index (κ2) is 8.99. The zero-order chi connectivity index (χ0) is 18.2. The second-order valence-corrected chi connectivity index (χ2v) is 5.43. The highest BCUT2D eigenvalue weighted by atomic mass is 35.5. The van der Waals surface area contributed by atoms with Crippen LogP contribution in [0.5, 0.6) is 17.2 Å². The Bertz CT molecular complexity index is 757. The molecule has 25 heavy (non-hydrogen) atoms. The lowest BCUT2D eigenvalue weighted by Crippen LogP contribution is -2.07. The number of halogens is 1. The van der Waals surface area contributed by atoms with E-state index < -0.39 is 0 Å². The van der Waals surface area contributed by atoms with Crippen molar-refractivity contribution in [2.45, 2.75) is 6.92 Å². The topological polar surface area (TPSA) is 56.8 Å². The molecule has 2 aromatic rings. The summed E-state index contributed by atoms with van der Waals surface area (Å²) in [5.41, 5.74) is 1.41. The van der Waals surface area contributed by atoms with Gasteiger partial charge in [0.2, 0.25) is 5.91 Å². The van der Waals surface area contributed by atoms with Crippen molar-refractivity contribution in [2.75, 3.05) is 26.1 Å². The smallest absolute Gasteiger partial charge is 0.248 e. The molecule has 0 bridgehead atoms. The van der Waals surface area contributed by atoms with E-state index in [1.54, 1.807) is 49.6 Å². The summed E-state index contributed by atoms with van der Waals surface area (Å²) in [5.74, 6) is 1.48. The molecule has 0 aromatic heterocycles. The Kier molecular flexibility index (Phi) is 6.71. The van der Waals surface area contributed by atoms with Crippen LogP contribution in [-0.2, 0) is 4.79 Å². The van der Waals surface area contributed by atoms with E-state index in [0.29, 0.717) is 28.8 Å². The van der Waals surface area contributed by atoms with Crippen molar-refractivity contribution in [1.82, 2.24) is 0 Å². The molecule has 0 radical (unpaired) electrons. The average molecular weight is 362 g/mol. The number of hydrogen-bond acceptors (Lipinski definition) is 4. The highest BCUT2D eigenvalue weighted by molar-refractivity contribution is 6.32. The SMILES string of the molecule is CCOc1cc(/C=C/C(=O)Nc2ccc(OC)cc2)cc(Cl)c1OC. The molecule has 6 heteroatoms. The predicted octanol–water partition coefficient (Wildman–Crippen LogP) is 4.41. The van der Waals surface area contributed by atoms with Crippen LogP contribution >= 0.6 is 11.6 Å². The van der Waals surface area contributed by atoms with Crippen LogP contribution in [0.4, 0.5) is 5.69 Å². The van der Waals surface area contributed by atoms with E-state index in [1.807, 2.05) is 6.92 Å². The summed E-state index contributed by atoms with van der Waals surface area (Å²) in [6.07, 6.45) is 3.09. The molecule has 0 spiro atoms. The third-order valence-electron chi connectivity index (χ3n) is 3.32. The molecule has 0 atom stereocenters. The summed E-state index contributed by atoms with van der Waals surface area (Å²) in [5, 5.41) is 3.19. The average Bonchev–Trinajstić information content (AvgIpc) is 2.61. The van der Waals surface area contributed by atoms with E-state index in [4.69, 9.17) is 25.8 Å². The van der Waals surface area contributed by atoms with Crippen molar-refractivity contribution in [1.29, 1.82) is 0 Å². The molecule has 0 saturated carbocycles. The van der Waals surface area contributed by atoms with Crippen LogP contribution in [-0.4, -0.2) is 26.7 Å². The van der Waals surface area contributed by atoms with E-state index in [2.05, 4.69) is 5.32 Å². The maximum Gasteiger partial charge on any atom is 0.248 e. The van der Waals surface area contributed by atoms with Gasteiger partial charge in [-0.05, 0) is 55.0 Å². The van der Waals surface area contributed by atoms with E-state index >= 15 is 0 Å². The van der Waals surface area contributed by atoms with Gasteiger partial charge in [0.25, 0.3) is 0 Å². The van der Waals surface area contributed by atoms with E-state index in [1.165, 1.54) is 13.2 Å². The summed E-state index contributed by atoms with van der Waals surface area (Å²) in [4.78, 5) is 12.0. The van der Waals surface area contributed by atoms with E-state index in [0.717, 1.165) is 11.3 Å². The molecular formula is C19H20ClNO4. The van der Waals surface area contributed by atoms with Crippen LogP contribution in [0.25, 0.3) is 6.08 Å². The second-order valence-electron chi connectivity index (χ2n) is 5.02. The van der Waals surface area contributed by atoms with Crippen molar-refractivity contribution in [2.24, 2.45) is 0 Å². The van der Waals surface area contributed by atoms with Gasteiger partial charge in [-0.3, -0.25) is 4.79 Å². The molecule has 0 aliphatic rings. The number of carbonyl (C=O) groups is 1. The zero-order valence-electron chi connectivity index (χ0n) is 14.3. The van der Waals surface area contributed by atoms with Gasteiger partial charge in [0.15, 0.2) is 11.5 Å². The van der Waals surface area contributed by atoms with Gasteiger partial charge >= 0.3 is 0 Å². The van der Waals surface area contributed by atoms with Crippen molar-refractivity contribution >= 4 is 29.3 Å². The molecule has 0 heterocycles. The third-order valence-corrected chi connectivity index (χ3v) is 3.60. The van der Waals surface area contributed by atoms with Gasteiger partial charge in [-0.2, -0.15) is 0 Å². The third kappa shape index (κ3) is 5.16. The van der Waals surface area contributed by atoms with Crippen LogP contribution < -0.4 is 19.5 Å². The van der Waals surface area contributed by atoms with Gasteiger partial charge in [0, 0.05) is 11.8 Å². The minimum Gasteiger partial charge on any atom is -0.497 e. The van der Waals surface area contributed by atoms with Crippen LogP contribution in [0.2, 0.25) is 5.02 Å². The lowest BCUT2D eigenvalue weighted by Gasteiger charge is -2.11. The molecule has 0 unspecified atom stereocenters.